The number of morpholine rings is 2. The molecule has 0 unspecified atom stereocenters. The van der Waals surface area contributed by atoms with Crippen LogP contribution < -0.4 is 124 Å². The molecule has 6 rings (SSSR count). The van der Waals surface area contributed by atoms with Crippen LogP contribution in [-0.4, -0.2) is 72.3 Å². The predicted molar refractivity (Wildman–Crippen MR) is 199 cm³/mol. The summed E-state index contributed by atoms with van der Waals surface area (Å²) in [6.45, 7) is 8.04. The number of nitrogens with zero attached hydrogens (tertiary/aromatic N) is 5. The molecular formula is C36H43Br2FK2N6O6. The number of ether oxygens (including phenoxy) is 3. The van der Waals surface area contributed by atoms with E-state index in [-0.39, 0.29) is 124 Å². The number of rotatable bonds is 3. The van der Waals surface area contributed by atoms with Crippen LogP contribution in [0.5, 0.6) is 0 Å². The molecule has 3 aliphatic rings. The van der Waals surface area contributed by atoms with Gasteiger partial charge in [0.25, 0.3) is 6.47 Å². The van der Waals surface area contributed by atoms with Gasteiger partial charge in [0.05, 0.1) is 54.5 Å². The number of hydrogen-bond acceptors (Lipinski definition) is 12. The molecule has 53 heavy (non-hydrogen) atoms. The number of nitrogen functional groups attached to an aromatic ring is 1. The van der Waals surface area contributed by atoms with Gasteiger partial charge < -0.3 is 41.3 Å². The van der Waals surface area contributed by atoms with Crippen molar-refractivity contribution >= 4 is 55.4 Å². The number of hydrogen-bond donors (Lipinski definition) is 1. The molecule has 276 valence electrons. The summed E-state index contributed by atoms with van der Waals surface area (Å²) in [7, 11) is 0. The number of nitriles is 3. The summed E-state index contributed by atoms with van der Waals surface area (Å²) in [4.78, 5) is 15.6. The molecule has 3 aliphatic heterocycles. The average molecular weight is 913 g/mol. The quantitative estimate of drug-likeness (QED) is 0.122. The zero-order chi connectivity index (χ0) is 36.6. The summed E-state index contributed by atoms with van der Waals surface area (Å²) in [5.41, 5.74) is 9.79. The molecule has 0 spiro atoms. The predicted octanol–water partition coefficient (Wildman–Crippen LogP) is -0.0275. The Morgan fingerprint density at radius 1 is 0.717 bits per heavy atom. The van der Waals surface area contributed by atoms with Crippen molar-refractivity contribution in [3.8, 4) is 18.2 Å². The van der Waals surface area contributed by atoms with Gasteiger partial charge in [-0.3, -0.25) is 4.79 Å². The van der Waals surface area contributed by atoms with E-state index in [9.17, 15) is 4.39 Å². The zero-order valence-corrected chi connectivity index (χ0v) is 38.8. The summed E-state index contributed by atoms with van der Waals surface area (Å²) in [6, 6.07) is 21.5. The minimum Gasteiger partial charge on any atom is -1.00 e. The van der Waals surface area contributed by atoms with Crippen molar-refractivity contribution in [3.63, 3.8) is 0 Å². The largest absolute Gasteiger partial charge is 1.00 e. The second-order valence-electron chi connectivity index (χ2n) is 10.5. The maximum atomic E-state index is 12.6. The molecule has 12 nitrogen and oxygen atoms in total. The van der Waals surface area contributed by atoms with Gasteiger partial charge in [-0.05, 0) is 73.9 Å². The van der Waals surface area contributed by atoms with Gasteiger partial charge in [-0.15, -0.1) is 0 Å². The van der Waals surface area contributed by atoms with Gasteiger partial charge >= 0.3 is 103 Å². The first kappa shape index (κ1) is 54.1. The number of nitrogens with two attached hydrogens (primary N) is 1. The molecule has 0 aromatic heterocycles. The molecule has 0 atom stereocenters. The molecule has 3 aromatic carbocycles. The van der Waals surface area contributed by atoms with Crippen LogP contribution in [0.1, 0.15) is 44.8 Å². The van der Waals surface area contributed by atoms with Crippen LogP contribution in [0.25, 0.3) is 0 Å². The van der Waals surface area contributed by atoms with Gasteiger partial charge in [-0.1, -0.05) is 39.3 Å². The summed E-state index contributed by atoms with van der Waals surface area (Å²) in [5, 5.41) is 34.7. The van der Waals surface area contributed by atoms with Gasteiger partial charge in [-0.25, -0.2) is 4.39 Å². The van der Waals surface area contributed by atoms with Gasteiger partial charge in [0.2, 0.25) is 0 Å². The van der Waals surface area contributed by atoms with Crippen LogP contribution in [-0.2, 0) is 23.9 Å². The third-order valence-electron chi connectivity index (χ3n) is 7.09. The van der Waals surface area contributed by atoms with Crippen LogP contribution in [0.3, 0.4) is 0 Å². The molecular weight excluding hydrogens is 869 g/mol. The molecule has 0 bridgehead atoms. The van der Waals surface area contributed by atoms with Crippen LogP contribution in [0, 0.1) is 39.8 Å². The minimum atomic E-state index is -0.489. The second-order valence-corrected chi connectivity index (χ2v) is 12.3. The number of benzene rings is 3. The number of anilines is 3. The third kappa shape index (κ3) is 21.8. The van der Waals surface area contributed by atoms with E-state index >= 15 is 0 Å². The summed E-state index contributed by atoms with van der Waals surface area (Å²) in [5.74, 6) is -0.489. The fourth-order valence-electron chi connectivity index (χ4n) is 4.64. The van der Waals surface area contributed by atoms with E-state index in [4.69, 9.17) is 45.8 Å². The Morgan fingerprint density at radius 3 is 1.49 bits per heavy atom. The van der Waals surface area contributed by atoms with E-state index < -0.39 is 5.82 Å². The zero-order valence-electron chi connectivity index (χ0n) is 30.4. The van der Waals surface area contributed by atoms with E-state index in [0.29, 0.717) is 28.9 Å². The normalized spacial score (nSPS) is 13.9. The monoisotopic (exact) mass is 910 g/mol. The van der Waals surface area contributed by atoms with Crippen LogP contribution in [0.15, 0.2) is 63.5 Å². The minimum absolute atomic E-state index is 0. The molecule has 17 heteroatoms. The smallest absolute Gasteiger partial charge is 1.00 e. The number of halogens is 3. The average Bonchev–Trinajstić information content (AvgIpc) is 3.17. The molecule has 3 aromatic rings. The molecule has 0 saturated carbocycles. The Labute approximate surface area is 415 Å². The van der Waals surface area contributed by atoms with Crippen molar-refractivity contribution in [1.29, 1.82) is 15.8 Å². The van der Waals surface area contributed by atoms with Gasteiger partial charge in [0, 0.05) is 54.0 Å². The van der Waals surface area contributed by atoms with Crippen LogP contribution in [0.2, 0.25) is 0 Å². The van der Waals surface area contributed by atoms with Gasteiger partial charge in [0.1, 0.15) is 24.0 Å². The molecule has 2 N–H and O–H groups in total. The van der Waals surface area contributed by atoms with E-state index in [1.165, 1.54) is 31.4 Å². The number of carbonyl (C=O) groups excluding carboxylic acids is 1. The van der Waals surface area contributed by atoms with Crippen molar-refractivity contribution in [1.82, 2.24) is 0 Å². The molecule has 3 saturated heterocycles. The first-order valence-electron chi connectivity index (χ1n) is 15.6. The fourth-order valence-corrected chi connectivity index (χ4v) is 5.32. The number of carbonyl (C=O) groups is 1. The molecule has 0 aliphatic carbocycles. The first-order chi connectivity index (χ1) is 24.3. The summed E-state index contributed by atoms with van der Waals surface area (Å²) < 4.78 is 29.9. The molecule has 3 heterocycles. The summed E-state index contributed by atoms with van der Waals surface area (Å²) in [6.07, 6.45) is 3.93. The van der Waals surface area contributed by atoms with E-state index in [2.05, 4.69) is 58.7 Å². The van der Waals surface area contributed by atoms with E-state index in [0.717, 1.165) is 74.0 Å². The van der Waals surface area contributed by atoms with E-state index in [1.807, 2.05) is 24.3 Å². The Balaban J connectivity index is -0.000000629. The molecule has 0 amide bonds. The van der Waals surface area contributed by atoms with Crippen molar-refractivity contribution < 1.29 is 138 Å². The van der Waals surface area contributed by atoms with Crippen molar-refractivity contribution in [3.05, 3.63) is 86.1 Å². The fraction of sp³-hybridized carbons (Fsp3) is 0.389. The van der Waals surface area contributed by atoms with Crippen molar-refractivity contribution in [2.45, 2.75) is 26.7 Å². The summed E-state index contributed by atoms with van der Waals surface area (Å²) >= 11 is 6.50. The molecule has 0 radical (unpaired) electrons. The SMILES string of the molecule is C.C1CCOCC1.N#Cc1ccc(Br)cc1F.N#Cc1ccc(Br)cc1N1CCOCC1.N#Cc1ccc(N)cc1N1CCOCC1.O=CO[O-].[H-].[K+].[K+]. The van der Waals surface area contributed by atoms with Gasteiger partial charge in [-0.2, -0.15) is 15.8 Å². The Morgan fingerprint density at radius 2 is 1.11 bits per heavy atom. The topological polar surface area (TPSA) is 181 Å². The van der Waals surface area contributed by atoms with Crippen LogP contribution >= 0.6 is 31.9 Å². The van der Waals surface area contributed by atoms with E-state index in [1.54, 1.807) is 24.3 Å². The maximum absolute atomic E-state index is 12.6. The Hall–Kier alpha value is -0.997. The maximum Gasteiger partial charge on any atom is 1.00 e. The molecule has 3 fully saturated rings. The van der Waals surface area contributed by atoms with Crippen molar-refractivity contribution in [2.24, 2.45) is 0 Å². The van der Waals surface area contributed by atoms with Crippen LogP contribution in [0.4, 0.5) is 21.5 Å². The second kappa shape index (κ2) is 33.2. The Kier molecular flexibility index (Phi) is 33.9. The van der Waals surface area contributed by atoms with Gasteiger partial charge in [0.15, 0.2) is 0 Å². The van der Waals surface area contributed by atoms with Crippen molar-refractivity contribution in [2.75, 3.05) is 81.4 Å². The third-order valence-corrected chi connectivity index (χ3v) is 8.08. The first-order valence-corrected chi connectivity index (χ1v) is 17.2. The standard InChI is InChI=1S/C11H11BrN2O.C11H13N3O.C7H3BrFN.C5H10O.CH2O3.CH4.2K.H/c12-10-2-1-9(8-13)11(7-10)14-3-5-15-6-4-14;12-8-9-1-2-10(13)7-11(9)14-3-5-15-6-4-14;8-6-2-1-5(4-10)7(9)3-6;1-2-4-6-5-3-1;2-1-4-3;;;;/h1-2,7H,3-6H2;1-2,7H,3-6,13H2;1-3H;1-5H2;1,3H;1H4;;;/q;;;;;;2*+1;-1/p-1. The Bertz CT molecular complexity index is 1530.